The summed E-state index contributed by atoms with van der Waals surface area (Å²) in [5.74, 6) is 0.323. The molecular weight excluding hydrogens is 425 g/mol. The number of anilines is 3. The number of amides is 1. The maximum Gasteiger partial charge on any atom is 0.411 e. The molecule has 0 aliphatic rings. The molecule has 0 saturated carbocycles. The van der Waals surface area contributed by atoms with E-state index in [-0.39, 0.29) is 5.82 Å². The van der Waals surface area contributed by atoms with Crippen molar-refractivity contribution in [2.24, 2.45) is 0 Å². The Morgan fingerprint density at radius 3 is 2.88 bits per heavy atom. The van der Waals surface area contributed by atoms with Gasteiger partial charge in [-0.15, -0.1) is 0 Å². The number of benzene rings is 2. The van der Waals surface area contributed by atoms with Gasteiger partial charge in [-0.1, -0.05) is 12.1 Å². The zero-order valence-electron chi connectivity index (χ0n) is 17.9. The number of nitrogens with zero attached hydrogens (tertiary/aromatic N) is 5. The fraction of sp³-hybridized carbons (Fsp3) is 0.130. The molecule has 0 atom stereocenters. The summed E-state index contributed by atoms with van der Waals surface area (Å²) in [5, 5.41) is 15.6. The summed E-state index contributed by atoms with van der Waals surface area (Å²) in [6.07, 6.45) is 4.36. The zero-order valence-corrected chi connectivity index (χ0v) is 17.9. The monoisotopic (exact) mass is 445 g/mol. The van der Waals surface area contributed by atoms with Gasteiger partial charge in [0.05, 0.1) is 37.3 Å². The predicted molar refractivity (Wildman–Crippen MR) is 122 cm³/mol. The summed E-state index contributed by atoms with van der Waals surface area (Å²) in [6, 6.07) is 12.3. The zero-order chi connectivity index (χ0) is 22.9. The van der Waals surface area contributed by atoms with Crippen molar-refractivity contribution in [1.29, 1.82) is 0 Å². The third-order valence-electron chi connectivity index (χ3n) is 5.37. The summed E-state index contributed by atoms with van der Waals surface area (Å²) in [7, 11) is 1.31. The Balaban J connectivity index is 1.44. The van der Waals surface area contributed by atoms with Crippen LogP contribution in [0.25, 0.3) is 16.4 Å². The molecule has 5 rings (SSSR count). The third kappa shape index (κ3) is 3.93. The molecule has 0 aliphatic carbocycles. The molecular formula is C23H20FN7O2. The van der Waals surface area contributed by atoms with E-state index in [0.29, 0.717) is 18.1 Å². The lowest BCUT2D eigenvalue weighted by atomic mass is 10.2. The van der Waals surface area contributed by atoms with E-state index in [1.165, 1.54) is 25.6 Å². The first-order chi connectivity index (χ1) is 16.0. The quantitative estimate of drug-likeness (QED) is 0.413. The van der Waals surface area contributed by atoms with E-state index in [4.69, 9.17) is 0 Å². The normalized spacial score (nSPS) is 11.1. The fourth-order valence-corrected chi connectivity index (χ4v) is 3.77. The van der Waals surface area contributed by atoms with Crippen molar-refractivity contribution < 1.29 is 13.9 Å². The maximum absolute atomic E-state index is 13.5. The van der Waals surface area contributed by atoms with Crippen LogP contribution in [0.15, 0.2) is 61.2 Å². The maximum atomic E-state index is 13.5. The van der Waals surface area contributed by atoms with Crippen LogP contribution in [0.1, 0.15) is 11.1 Å². The Kier molecular flexibility index (Phi) is 5.09. The van der Waals surface area contributed by atoms with E-state index in [1.807, 2.05) is 35.9 Å². The average Bonchev–Trinajstić information content (AvgIpc) is 3.34. The molecule has 2 N–H and O–H groups in total. The number of hydrogen-bond acceptors (Lipinski definition) is 6. The van der Waals surface area contributed by atoms with E-state index in [0.717, 1.165) is 33.2 Å². The summed E-state index contributed by atoms with van der Waals surface area (Å²) in [6.45, 7) is 2.34. The number of aryl methyl sites for hydroxylation is 1. The molecule has 0 unspecified atom stereocenters. The molecule has 10 heteroatoms. The first kappa shape index (κ1) is 20.4. The van der Waals surface area contributed by atoms with E-state index in [1.54, 1.807) is 23.0 Å². The van der Waals surface area contributed by atoms with Gasteiger partial charge in [-0.05, 0) is 42.8 Å². The molecule has 0 spiro atoms. The second-order valence-corrected chi connectivity index (χ2v) is 7.52. The van der Waals surface area contributed by atoms with Gasteiger partial charge in [0.1, 0.15) is 17.7 Å². The van der Waals surface area contributed by atoms with Crippen LogP contribution in [0.5, 0.6) is 0 Å². The predicted octanol–water partition coefficient (Wildman–Crippen LogP) is 4.50. The Bertz CT molecular complexity index is 1490. The van der Waals surface area contributed by atoms with Crippen LogP contribution >= 0.6 is 0 Å². The van der Waals surface area contributed by atoms with Crippen LogP contribution in [-0.2, 0) is 11.3 Å². The summed E-state index contributed by atoms with van der Waals surface area (Å²) >= 11 is 0. The minimum Gasteiger partial charge on any atom is -0.453 e. The fourth-order valence-electron chi connectivity index (χ4n) is 3.77. The molecule has 166 valence electrons. The number of nitrogens with one attached hydrogen (secondary N) is 2. The van der Waals surface area contributed by atoms with Crippen molar-refractivity contribution in [2.75, 3.05) is 17.7 Å². The molecule has 0 radical (unpaired) electrons. The van der Waals surface area contributed by atoms with Crippen LogP contribution in [0.4, 0.5) is 26.4 Å². The Morgan fingerprint density at radius 2 is 2.06 bits per heavy atom. The highest BCUT2D eigenvalue weighted by atomic mass is 19.1. The van der Waals surface area contributed by atoms with Crippen LogP contribution in [-0.4, -0.2) is 37.6 Å². The van der Waals surface area contributed by atoms with Gasteiger partial charge in [-0.25, -0.2) is 18.7 Å². The topological polar surface area (TPSA) is 98.4 Å². The first-order valence-corrected chi connectivity index (χ1v) is 10.2. The number of methoxy groups -OCH3 is 1. The molecule has 9 nitrogen and oxygen atoms in total. The molecule has 0 aliphatic heterocycles. The lowest BCUT2D eigenvalue weighted by molar-refractivity contribution is 0.187. The Morgan fingerprint density at radius 1 is 1.18 bits per heavy atom. The highest BCUT2D eigenvalue weighted by Gasteiger charge is 2.15. The molecule has 5 aromatic rings. The molecule has 3 aromatic heterocycles. The van der Waals surface area contributed by atoms with Crippen LogP contribution in [0.3, 0.4) is 0 Å². The second-order valence-electron chi connectivity index (χ2n) is 7.52. The second kappa shape index (κ2) is 8.23. The van der Waals surface area contributed by atoms with E-state index in [9.17, 15) is 9.18 Å². The number of carbonyl (C=O) groups is 1. The van der Waals surface area contributed by atoms with Crippen LogP contribution < -0.4 is 10.6 Å². The summed E-state index contributed by atoms with van der Waals surface area (Å²) in [5.41, 5.74) is 4.70. The number of ether oxygens (including phenoxy) is 1. The van der Waals surface area contributed by atoms with Gasteiger partial charge in [-0.3, -0.25) is 10.00 Å². The van der Waals surface area contributed by atoms with Crippen LogP contribution in [0, 0.1) is 12.7 Å². The Hall–Kier alpha value is -4.47. The number of rotatable bonds is 5. The molecule has 3 heterocycles. The largest absolute Gasteiger partial charge is 0.453 e. The van der Waals surface area contributed by atoms with Crippen molar-refractivity contribution in [2.45, 2.75) is 13.5 Å². The first-order valence-electron chi connectivity index (χ1n) is 10.2. The van der Waals surface area contributed by atoms with Gasteiger partial charge in [0.2, 0.25) is 0 Å². The molecule has 2 aromatic carbocycles. The average molecular weight is 445 g/mol. The third-order valence-corrected chi connectivity index (χ3v) is 5.37. The van der Waals surface area contributed by atoms with Crippen molar-refractivity contribution in [3.8, 4) is 0 Å². The van der Waals surface area contributed by atoms with E-state index < -0.39 is 6.09 Å². The smallest absolute Gasteiger partial charge is 0.411 e. The van der Waals surface area contributed by atoms with Crippen molar-refractivity contribution in [3.63, 3.8) is 0 Å². The lowest BCUT2D eigenvalue weighted by Crippen LogP contribution is -2.10. The van der Waals surface area contributed by atoms with Gasteiger partial charge in [0, 0.05) is 16.6 Å². The van der Waals surface area contributed by atoms with Gasteiger partial charge in [-0.2, -0.15) is 10.2 Å². The Labute approximate surface area is 187 Å². The molecule has 33 heavy (non-hydrogen) atoms. The van der Waals surface area contributed by atoms with Gasteiger partial charge >= 0.3 is 6.09 Å². The highest BCUT2D eigenvalue weighted by molar-refractivity contribution is 5.91. The minimum absolute atomic E-state index is 0.266. The van der Waals surface area contributed by atoms with E-state index >= 15 is 0 Å². The molecule has 0 saturated heterocycles. The number of fused-ring (bicyclic) bond motifs is 2. The number of carbonyl (C=O) groups excluding carboxylic acids is 1. The lowest BCUT2D eigenvalue weighted by Gasteiger charge is -2.09. The van der Waals surface area contributed by atoms with Crippen molar-refractivity contribution in [1.82, 2.24) is 24.4 Å². The van der Waals surface area contributed by atoms with Gasteiger partial charge in [0.25, 0.3) is 0 Å². The van der Waals surface area contributed by atoms with E-state index in [2.05, 4.69) is 30.6 Å². The van der Waals surface area contributed by atoms with Gasteiger partial charge in [0.15, 0.2) is 5.82 Å². The minimum atomic E-state index is -0.558. The summed E-state index contributed by atoms with van der Waals surface area (Å²) < 4.78 is 21.7. The number of halogens is 1. The number of hydrogen-bond donors (Lipinski definition) is 2. The molecule has 0 fully saturated rings. The van der Waals surface area contributed by atoms with Crippen molar-refractivity contribution in [3.05, 3.63) is 78.1 Å². The van der Waals surface area contributed by atoms with Gasteiger partial charge < -0.3 is 10.1 Å². The SMILES string of the molecule is COC(=O)Nc1cn2ncnc(Nc3ccc4c(cnn4Cc4cccc(F)c4)c3)c2c1C. The van der Waals surface area contributed by atoms with Crippen molar-refractivity contribution >= 4 is 39.7 Å². The summed E-state index contributed by atoms with van der Waals surface area (Å²) in [4.78, 5) is 16.0. The molecule has 1 amide bonds. The molecule has 0 bridgehead atoms. The standard InChI is InChI=1S/C23H20FN7O2/c1-14-19(29-23(32)33-2)12-31-21(14)22(25-13-27-31)28-18-6-7-20-16(9-18)10-26-30(20)11-15-4-3-5-17(24)8-15/h3-10,12-13H,11H2,1-2H3,(H,29,32)(H,25,27,28). The van der Waals surface area contributed by atoms with Crippen LogP contribution in [0.2, 0.25) is 0 Å². The number of aromatic nitrogens is 5. The highest BCUT2D eigenvalue weighted by Crippen LogP contribution is 2.29.